The lowest BCUT2D eigenvalue weighted by atomic mass is 10.2. The Kier molecular flexibility index (Phi) is 5.10. The first kappa shape index (κ1) is 15.5. The van der Waals surface area contributed by atoms with Crippen molar-refractivity contribution < 1.29 is 4.74 Å². The second kappa shape index (κ2) is 7.24. The minimum atomic E-state index is 0.216. The van der Waals surface area contributed by atoms with Gasteiger partial charge in [-0.25, -0.2) is 4.98 Å². The number of nitrogens with one attached hydrogen (secondary N) is 1. The largest absolute Gasteiger partial charge is 0.376 e. The van der Waals surface area contributed by atoms with E-state index in [2.05, 4.69) is 20.5 Å². The number of nitriles is 1. The van der Waals surface area contributed by atoms with Crippen LogP contribution < -0.4 is 5.32 Å². The molecule has 0 bridgehead atoms. The maximum atomic E-state index is 8.93. The number of halogens is 1. The van der Waals surface area contributed by atoms with E-state index in [1.165, 1.54) is 23.1 Å². The highest BCUT2D eigenvalue weighted by Gasteiger charge is 2.16. The maximum absolute atomic E-state index is 8.93. The average Bonchev–Trinajstić information content (AvgIpc) is 3.18. The van der Waals surface area contributed by atoms with Crippen LogP contribution in [0.4, 0.5) is 5.13 Å². The molecule has 114 valence electrons. The van der Waals surface area contributed by atoms with Crippen LogP contribution in [-0.4, -0.2) is 34.4 Å². The van der Waals surface area contributed by atoms with Gasteiger partial charge in [-0.15, -0.1) is 10.2 Å². The van der Waals surface area contributed by atoms with Crippen molar-refractivity contribution in [3.05, 3.63) is 22.8 Å². The Morgan fingerprint density at radius 3 is 3.18 bits per heavy atom. The van der Waals surface area contributed by atoms with Gasteiger partial charge in [-0.1, -0.05) is 22.9 Å². The van der Waals surface area contributed by atoms with Crippen molar-refractivity contribution in [3.63, 3.8) is 0 Å². The monoisotopic (exact) mass is 353 g/mol. The lowest BCUT2D eigenvalue weighted by Crippen LogP contribution is -2.18. The van der Waals surface area contributed by atoms with Gasteiger partial charge in [-0.05, 0) is 36.7 Å². The zero-order valence-corrected chi connectivity index (χ0v) is 13.8. The van der Waals surface area contributed by atoms with Crippen molar-refractivity contribution in [2.45, 2.75) is 28.3 Å². The summed E-state index contributed by atoms with van der Waals surface area (Å²) in [6.45, 7) is 1.59. The molecular weight excluding hydrogens is 342 g/mol. The fraction of sp³-hybridized carbons (Fsp3) is 0.385. The molecule has 3 heterocycles. The molecule has 22 heavy (non-hydrogen) atoms. The summed E-state index contributed by atoms with van der Waals surface area (Å²) in [5.74, 6) is 0. The van der Waals surface area contributed by atoms with Gasteiger partial charge in [0.2, 0.25) is 5.13 Å². The van der Waals surface area contributed by atoms with Gasteiger partial charge in [-0.2, -0.15) is 5.26 Å². The van der Waals surface area contributed by atoms with Crippen LogP contribution in [0.25, 0.3) is 0 Å². The minimum absolute atomic E-state index is 0.216. The Morgan fingerprint density at radius 2 is 2.41 bits per heavy atom. The number of anilines is 1. The van der Waals surface area contributed by atoms with Crippen LogP contribution in [0.15, 0.2) is 21.5 Å². The summed E-state index contributed by atoms with van der Waals surface area (Å²) in [7, 11) is 0. The minimum Gasteiger partial charge on any atom is -0.376 e. The van der Waals surface area contributed by atoms with Crippen molar-refractivity contribution in [3.8, 4) is 6.07 Å². The van der Waals surface area contributed by atoms with Crippen LogP contribution in [0.5, 0.6) is 0 Å². The highest BCUT2D eigenvalue weighted by molar-refractivity contribution is 8.01. The standard InChI is InChI=1S/C13H12ClN5OS2/c14-9-3-4-11(17-10(9)6-15)21-13-19-18-12(22-13)16-7-8-2-1-5-20-8/h3-4,8H,1-2,5,7H2,(H,16,18). The average molecular weight is 354 g/mol. The van der Waals surface area contributed by atoms with Crippen LogP contribution in [0.1, 0.15) is 18.5 Å². The summed E-state index contributed by atoms with van der Waals surface area (Å²) < 4.78 is 6.31. The highest BCUT2D eigenvalue weighted by atomic mass is 35.5. The first-order chi connectivity index (χ1) is 10.7. The number of hydrogen-bond donors (Lipinski definition) is 1. The second-order valence-electron chi connectivity index (χ2n) is 4.58. The second-order valence-corrected chi connectivity index (χ2v) is 7.24. The quantitative estimate of drug-likeness (QED) is 0.883. The first-order valence-electron chi connectivity index (χ1n) is 6.68. The van der Waals surface area contributed by atoms with Gasteiger partial charge in [0.25, 0.3) is 0 Å². The molecule has 0 amide bonds. The van der Waals surface area contributed by atoms with Gasteiger partial charge in [0.1, 0.15) is 11.1 Å². The molecular formula is C13H12ClN5OS2. The number of rotatable bonds is 5. The van der Waals surface area contributed by atoms with E-state index in [-0.39, 0.29) is 11.8 Å². The molecule has 1 aliphatic heterocycles. The maximum Gasteiger partial charge on any atom is 0.206 e. The molecule has 2 aromatic heterocycles. The third-order valence-electron chi connectivity index (χ3n) is 3.03. The van der Waals surface area contributed by atoms with Crippen LogP contribution in [0, 0.1) is 11.3 Å². The van der Waals surface area contributed by atoms with E-state index in [1.807, 2.05) is 6.07 Å². The van der Waals surface area contributed by atoms with Crippen LogP contribution in [-0.2, 0) is 4.74 Å². The van der Waals surface area contributed by atoms with E-state index in [0.29, 0.717) is 10.0 Å². The van der Waals surface area contributed by atoms with E-state index >= 15 is 0 Å². The lowest BCUT2D eigenvalue weighted by molar-refractivity contribution is 0.120. The molecule has 1 fully saturated rings. The summed E-state index contributed by atoms with van der Waals surface area (Å²) >= 11 is 8.67. The van der Waals surface area contributed by atoms with Gasteiger partial charge >= 0.3 is 0 Å². The number of pyridine rings is 1. The number of nitrogens with zero attached hydrogens (tertiary/aromatic N) is 4. The number of hydrogen-bond acceptors (Lipinski definition) is 8. The molecule has 9 heteroatoms. The highest BCUT2D eigenvalue weighted by Crippen LogP contribution is 2.31. The molecule has 1 unspecified atom stereocenters. The van der Waals surface area contributed by atoms with Crippen molar-refractivity contribution in [1.82, 2.24) is 15.2 Å². The van der Waals surface area contributed by atoms with Gasteiger partial charge < -0.3 is 10.1 Å². The van der Waals surface area contributed by atoms with Crippen molar-refractivity contribution >= 4 is 39.8 Å². The molecule has 1 saturated heterocycles. The molecule has 0 radical (unpaired) electrons. The van der Waals surface area contributed by atoms with E-state index in [0.717, 1.165) is 35.5 Å². The SMILES string of the molecule is N#Cc1nc(Sc2nnc(NCC3CCCO3)s2)ccc1Cl. The predicted molar refractivity (Wildman–Crippen MR) is 85.5 cm³/mol. The Bertz CT molecular complexity index is 696. The topological polar surface area (TPSA) is 83.7 Å². The van der Waals surface area contributed by atoms with E-state index in [4.69, 9.17) is 21.6 Å². The molecule has 1 aliphatic rings. The van der Waals surface area contributed by atoms with Crippen molar-refractivity contribution in [2.24, 2.45) is 0 Å². The zero-order valence-electron chi connectivity index (χ0n) is 11.5. The molecule has 0 saturated carbocycles. The molecule has 0 aliphatic carbocycles. The van der Waals surface area contributed by atoms with Crippen molar-refractivity contribution in [1.29, 1.82) is 5.26 Å². The van der Waals surface area contributed by atoms with E-state index in [9.17, 15) is 0 Å². The first-order valence-corrected chi connectivity index (χ1v) is 8.69. The summed E-state index contributed by atoms with van der Waals surface area (Å²) in [6.07, 6.45) is 2.46. The van der Waals surface area contributed by atoms with E-state index < -0.39 is 0 Å². The summed E-state index contributed by atoms with van der Waals surface area (Å²) in [5.41, 5.74) is 0.216. The summed E-state index contributed by atoms with van der Waals surface area (Å²) in [6, 6.07) is 5.38. The molecule has 6 nitrogen and oxygen atoms in total. The predicted octanol–water partition coefficient (Wildman–Crippen LogP) is 3.20. The van der Waals surface area contributed by atoms with Gasteiger partial charge in [0, 0.05) is 13.2 Å². The Hall–Kier alpha value is -1.40. The van der Waals surface area contributed by atoms with Crippen molar-refractivity contribution in [2.75, 3.05) is 18.5 Å². The van der Waals surface area contributed by atoms with Crippen LogP contribution in [0.2, 0.25) is 5.02 Å². The van der Waals surface area contributed by atoms with Crippen LogP contribution in [0.3, 0.4) is 0 Å². The molecule has 0 aromatic carbocycles. The molecule has 2 aromatic rings. The van der Waals surface area contributed by atoms with Gasteiger partial charge in [0.05, 0.1) is 11.1 Å². The Morgan fingerprint density at radius 1 is 1.50 bits per heavy atom. The lowest BCUT2D eigenvalue weighted by Gasteiger charge is -2.08. The Balaban J connectivity index is 1.60. The molecule has 1 atom stereocenters. The summed E-state index contributed by atoms with van der Waals surface area (Å²) in [4.78, 5) is 4.17. The normalized spacial score (nSPS) is 17.4. The third kappa shape index (κ3) is 3.87. The zero-order chi connectivity index (χ0) is 15.4. The Labute approximate surface area is 140 Å². The fourth-order valence-electron chi connectivity index (χ4n) is 1.98. The van der Waals surface area contributed by atoms with E-state index in [1.54, 1.807) is 12.1 Å². The molecule has 1 N–H and O–H groups in total. The fourth-order valence-corrected chi connectivity index (χ4v) is 3.80. The van der Waals surface area contributed by atoms with Crippen LogP contribution >= 0.6 is 34.7 Å². The number of aromatic nitrogens is 3. The summed E-state index contributed by atoms with van der Waals surface area (Å²) in [5, 5.41) is 22.1. The smallest absolute Gasteiger partial charge is 0.206 e. The molecule has 3 rings (SSSR count). The van der Waals surface area contributed by atoms with Gasteiger partial charge in [0.15, 0.2) is 10.0 Å². The third-order valence-corrected chi connectivity index (χ3v) is 5.20. The number of ether oxygens (including phenoxy) is 1. The molecule has 0 spiro atoms. The van der Waals surface area contributed by atoms with Gasteiger partial charge in [-0.3, -0.25) is 0 Å².